The highest BCUT2D eigenvalue weighted by Crippen LogP contribution is 2.22. The van der Waals surface area contributed by atoms with Gasteiger partial charge < -0.3 is 15.2 Å². The molecule has 0 bridgehead atoms. The molecule has 1 aromatic carbocycles. The van der Waals surface area contributed by atoms with Crippen molar-refractivity contribution >= 4 is 5.69 Å². The second-order valence-electron chi connectivity index (χ2n) is 3.80. The predicted molar refractivity (Wildman–Crippen MR) is 65.6 cm³/mol. The minimum Gasteiger partial charge on any atom is -0.496 e. The number of hydrogen-bond acceptors (Lipinski definition) is 4. The second-order valence-corrected chi connectivity index (χ2v) is 3.80. The Bertz CT molecular complexity index is 329. The van der Waals surface area contributed by atoms with E-state index >= 15 is 0 Å². The van der Waals surface area contributed by atoms with Crippen LogP contribution in [0.25, 0.3) is 0 Å². The van der Waals surface area contributed by atoms with Crippen LogP contribution in [-0.4, -0.2) is 39.3 Å². The van der Waals surface area contributed by atoms with Gasteiger partial charge in [0.25, 0.3) is 0 Å². The number of rotatable bonds is 6. The Labute approximate surface area is 96.9 Å². The highest BCUT2D eigenvalue weighted by molar-refractivity contribution is 5.47. The van der Waals surface area contributed by atoms with E-state index in [0.29, 0.717) is 0 Å². The van der Waals surface area contributed by atoms with Gasteiger partial charge in [0, 0.05) is 31.5 Å². The normalized spacial score (nSPS) is 10.8. The molecule has 1 aromatic rings. The number of nitrogens with two attached hydrogens (primary N) is 1. The molecule has 0 radical (unpaired) electrons. The number of likely N-dealkylation sites (N-methyl/N-ethyl adjacent to an activating group) is 1. The molecular weight excluding hydrogens is 204 g/mol. The van der Waals surface area contributed by atoms with Crippen molar-refractivity contribution in [2.45, 2.75) is 6.54 Å². The van der Waals surface area contributed by atoms with Gasteiger partial charge in [0.1, 0.15) is 5.75 Å². The van der Waals surface area contributed by atoms with Gasteiger partial charge in [-0.2, -0.15) is 0 Å². The quantitative estimate of drug-likeness (QED) is 0.741. The van der Waals surface area contributed by atoms with Crippen LogP contribution < -0.4 is 10.5 Å². The van der Waals surface area contributed by atoms with E-state index in [1.54, 1.807) is 14.2 Å². The van der Waals surface area contributed by atoms with Crippen LogP contribution >= 0.6 is 0 Å². The van der Waals surface area contributed by atoms with Gasteiger partial charge in [0.05, 0.1) is 13.7 Å². The van der Waals surface area contributed by atoms with Crippen molar-refractivity contribution in [1.29, 1.82) is 0 Å². The summed E-state index contributed by atoms with van der Waals surface area (Å²) in [6.45, 7) is 2.41. The van der Waals surface area contributed by atoms with Crippen LogP contribution in [0, 0.1) is 0 Å². The van der Waals surface area contributed by atoms with E-state index in [0.717, 1.165) is 36.7 Å². The molecule has 0 unspecified atom stereocenters. The Kier molecular flexibility index (Phi) is 5.08. The van der Waals surface area contributed by atoms with Gasteiger partial charge >= 0.3 is 0 Å². The Balaban J connectivity index is 2.67. The number of ether oxygens (including phenoxy) is 2. The molecule has 0 aliphatic heterocycles. The average Bonchev–Trinajstić information content (AvgIpc) is 2.27. The highest BCUT2D eigenvalue weighted by atomic mass is 16.5. The van der Waals surface area contributed by atoms with Gasteiger partial charge in [0.2, 0.25) is 0 Å². The maximum atomic E-state index is 5.76. The van der Waals surface area contributed by atoms with Gasteiger partial charge in [-0.25, -0.2) is 0 Å². The van der Waals surface area contributed by atoms with E-state index in [4.69, 9.17) is 15.2 Å². The fraction of sp³-hybridized carbons (Fsp3) is 0.500. The monoisotopic (exact) mass is 224 g/mol. The zero-order valence-corrected chi connectivity index (χ0v) is 10.2. The van der Waals surface area contributed by atoms with Crippen LogP contribution in [0.5, 0.6) is 5.75 Å². The van der Waals surface area contributed by atoms with Crippen molar-refractivity contribution in [2.75, 3.05) is 40.2 Å². The molecule has 0 spiro atoms. The lowest BCUT2D eigenvalue weighted by Gasteiger charge is -2.18. The van der Waals surface area contributed by atoms with Crippen molar-refractivity contribution in [3.8, 4) is 5.75 Å². The Hall–Kier alpha value is -1.26. The molecule has 0 aliphatic carbocycles. The zero-order chi connectivity index (χ0) is 12.0. The van der Waals surface area contributed by atoms with E-state index in [2.05, 4.69) is 4.90 Å². The van der Waals surface area contributed by atoms with Gasteiger partial charge in [-0.1, -0.05) is 0 Å². The molecule has 0 amide bonds. The summed E-state index contributed by atoms with van der Waals surface area (Å²) in [7, 11) is 5.42. The number of nitrogen functional groups attached to an aromatic ring is 1. The predicted octanol–water partition coefficient (Wildman–Crippen LogP) is 1.36. The maximum Gasteiger partial charge on any atom is 0.123 e. The molecule has 90 valence electrons. The Morgan fingerprint density at radius 2 is 2.06 bits per heavy atom. The third-order valence-electron chi connectivity index (χ3n) is 2.42. The first kappa shape index (κ1) is 12.8. The number of methoxy groups -OCH3 is 2. The molecule has 0 aliphatic rings. The van der Waals surface area contributed by atoms with Crippen LogP contribution in [0.4, 0.5) is 5.69 Å². The summed E-state index contributed by atoms with van der Waals surface area (Å²) in [5, 5.41) is 0. The molecule has 0 fully saturated rings. The first-order valence-corrected chi connectivity index (χ1v) is 5.27. The minimum absolute atomic E-state index is 0.723. The van der Waals surface area contributed by atoms with Crippen molar-refractivity contribution < 1.29 is 9.47 Å². The maximum absolute atomic E-state index is 5.76. The third kappa shape index (κ3) is 3.72. The molecule has 1 rings (SSSR count). The SMILES string of the molecule is COCCN(C)Cc1cc(N)ccc1OC. The van der Waals surface area contributed by atoms with E-state index in [1.807, 2.05) is 25.2 Å². The fourth-order valence-electron chi connectivity index (χ4n) is 1.54. The number of benzene rings is 1. The van der Waals surface area contributed by atoms with Gasteiger partial charge in [0.15, 0.2) is 0 Å². The van der Waals surface area contributed by atoms with Crippen molar-refractivity contribution in [1.82, 2.24) is 4.90 Å². The van der Waals surface area contributed by atoms with Crippen molar-refractivity contribution in [3.63, 3.8) is 0 Å². The number of nitrogens with zero attached hydrogens (tertiary/aromatic N) is 1. The van der Waals surface area contributed by atoms with Crippen molar-refractivity contribution in [3.05, 3.63) is 23.8 Å². The topological polar surface area (TPSA) is 47.7 Å². The van der Waals surface area contributed by atoms with E-state index in [9.17, 15) is 0 Å². The standard InChI is InChI=1S/C12H20N2O2/c1-14(6-7-15-2)9-10-8-11(13)4-5-12(10)16-3/h4-5,8H,6-7,9,13H2,1-3H3. The molecule has 0 saturated heterocycles. The fourth-order valence-corrected chi connectivity index (χ4v) is 1.54. The molecule has 4 nitrogen and oxygen atoms in total. The summed E-state index contributed by atoms with van der Waals surface area (Å²) in [4.78, 5) is 2.17. The van der Waals surface area contributed by atoms with Crippen LogP contribution in [0.1, 0.15) is 5.56 Å². The molecule has 0 saturated carbocycles. The summed E-state index contributed by atoms with van der Waals surface area (Å²) in [6, 6.07) is 5.69. The molecular formula is C12H20N2O2. The first-order chi connectivity index (χ1) is 7.67. The lowest BCUT2D eigenvalue weighted by atomic mass is 10.1. The Morgan fingerprint density at radius 1 is 1.31 bits per heavy atom. The van der Waals surface area contributed by atoms with Gasteiger partial charge in [-0.15, -0.1) is 0 Å². The summed E-state index contributed by atoms with van der Waals surface area (Å²) in [5.74, 6) is 0.874. The lowest BCUT2D eigenvalue weighted by Crippen LogP contribution is -2.22. The van der Waals surface area contributed by atoms with E-state index in [-0.39, 0.29) is 0 Å². The third-order valence-corrected chi connectivity index (χ3v) is 2.42. The van der Waals surface area contributed by atoms with Crippen LogP contribution in [0.2, 0.25) is 0 Å². The van der Waals surface area contributed by atoms with E-state index < -0.39 is 0 Å². The first-order valence-electron chi connectivity index (χ1n) is 5.27. The zero-order valence-electron chi connectivity index (χ0n) is 10.2. The van der Waals surface area contributed by atoms with Crippen molar-refractivity contribution in [2.24, 2.45) is 0 Å². The smallest absolute Gasteiger partial charge is 0.123 e. The molecule has 4 heteroatoms. The largest absolute Gasteiger partial charge is 0.496 e. The summed E-state index contributed by atoms with van der Waals surface area (Å²) < 4.78 is 10.3. The van der Waals surface area contributed by atoms with Gasteiger partial charge in [-0.05, 0) is 25.2 Å². The van der Waals surface area contributed by atoms with Gasteiger partial charge in [-0.3, -0.25) is 4.90 Å². The Morgan fingerprint density at radius 3 is 2.69 bits per heavy atom. The minimum atomic E-state index is 0.723. The van der Waals surface area contributed by atoms with Crippen LogP contribution in [0.15, 0.2) is 18.2 Å². The molecule has 2 N–H and O–H groups in total. The molecule has 0 heterocycles. The van der Waals surface area contributed by atoms with Crippen LogP contribution in [-0.2, 0) is 11.3 Å². The molecule has 0 atom stereocenters. The van der Waals surface area contributed by atoms with Crippen LogP contribution in [0.3, 0.4) is 0 Å². The molecule has 16 heavy (non-hydrogen) atoms. The average molecular weight is 224 g/mol. The van der Waals surface area contributed by atoms with E-state index in [1.165, 1.54) is 0 Å². The second kappa shape index (κ2) is 6.35. The number of anilines is 1. The number of hydrogen-bond donors (Lipinski definition) is 1. The summed E-state index contributed by atoms with van der Waals surface area (Å²) in [6.07, 6.45) is 0. The highest BCUT2D eigenvalue weighted by Gasteiger charge is 2.06. The summed E-state index contributed by atoms with van der Waals surface area (Å²) >= 11 is 0. The molecule has 0 aromatic heterocycles. The lowest BCUT2D eigenvalue weighted by molar-refractivity contribution is 0.158. The summed E-state index contributed by atoms with van der Waals surface area (Å²) in [5.41, 5.74) is 7.62.